The number of carbonyl (C=O) groups is 2. The van der Waals surface area contributed by atoms with Crippen molar-refractivity contribution in [2.24, 2.45) is 0 Å². The predicted molar refractivity (Wildman–Crippen MR) is 152 cm³/mol. The first-order valence-corrected chi connectivity index (χ1v) is 13.3. The lowest BCUT2D eigenvalue weighted by Gasteiger charge is -2.14. The molecule has 0 spiro atoms. The second-order valence-electron chi connectivity index (χ2n) is 10.0. The Hall–Kier alpha value is -5.25. The zero-order valence-corrected chi connectivity index (χ0v) is 23.1. The fraction of sp³-hybridized carbons (Fsp3) is 0.188. The third-order valence-electron chi connectivity index (χ3n) is 6.38. The number of halogens is 1. The first-order valence-electron chi connectivity index (χ1n) is 13.3. The van der Waals surface area contributed by atoms with Crippen molar-refractivity contribution >= 4 is 11.9 Å². The monoisotopic (exact) mass is 569 g/mol. The fourth-order valence-electron chi connectivity index (χ4n) is 4.26. The van der Waals surface area contributed by atoms with E-state index < -0.39 is 23.7 Å². The van der Waals surface area contributed by atoms with Gasteiger partial charge in [-0.1, -0.05) is 28.9 Å². The molecular weight excluding hydrogens is 541 g/mol. The molecule has 5 aromatic rings. The molecule has 0 saturated carbocycles. The third-order valence-corrected chi connectivity index (χ3v) is 6.38. The number of carboxylic acids is 1. The van der Waals surface area contributed by atoms with Crippen LogP contribution < -0.4 is 10.1 Å². The van der Waals surface area contributed by atoms with Crippen LogP contribution in [0.25, 0.3) is 34.2 Å². The van der Waals surface area contributed by atoms with Crippen molar-refractivity contribution in [3.8, 4) is 39.9 Å². The van der Waals surface area contributed by atoms with Crippen molar-refractivity contribution in [2.75, 3.05) is 0 Å². The molecule has 10 heteroatoms. The Morgan fingerprint density at radius 2 is 1.69 bits per heavy atom. The molecule has 0 radical (unpaired) electrons. The Bertz CT molecular complexity index is 1710. The zero-order chi connectivity index (χ0) is 29.8. The van der Waals surface area contributed by atoms with Crippen LogP contribution in [0.15, 0.2) is 87.8 Å². The number of hydrogen-bond donors (Lipinski definition) is 2. The smallest absolute Gasteiger partial charge is 0.326 e. The van der Waals surface area contributed by atoms with E-state index in [0.717, 1.165) is 11.1 Å². The fourth-order valence-corrected chi connectivity index (χ4v) is 4.26. The number of aliphatic carboxylic acids is 1. The Kier molecular flexibility index (Phi) is 8.14. The van der Waals surface area contributed by atoms with Crippen LogP contribution >= 0.6 is 0 Å². The van der Waals surface area contributed by atoms with Crippen LogP contribution in [-0.4, -0.2) is 39.3 Å². The van der Waals surface area contributed by atoms with Crippen LogP contribution in [-0.2, 0) is 11.2 Å². The van der Waals surface area contributed by atoms with Crippen LogP contribution in [0.5, 0.6) is 5.75 Å². The maximum Gasteiger partial charge on any atom is 0.326 e. The number of carbonyl (C=O) groups excluding carboxylic acids is 1. The molecule has 0 aliphatic heterocycles. The number of hydrogen-bond acceptors (Lipinski definition) is 7. The highest BCUT2D eigenvalue weighted by Gasteiger charge is 2.24. The van der Waals surface area contributed by atoms with Crippen molar-refractivity contribution in [1.29, 1.82) is 0 Å². The first-order chi connectivity index (χ1) is 20.2. The van der Waals surface area contributed by atoms with E-state index in [9.17, 15) is 14.7 Å². The number of aromatic nitrogens is 2. The summed E-state index contributed by atoms with van der Waals surface area (Å²) >= 11 is 0. The molecule has 1 amide bonds. The van der Waals surface area contributed by atoms with E-state index in [0.29, 0.717) is 22.6 Å². The standard InChI is InChI=1S/C32H28FN3O6/c1-18(2)40-23-11-9-21(10-12-23)27-14-15-28(41-27)30(37)34-26(32(38)39)17-20-6-13-24(25(33)16-20)29-35-31(42-36-29)22-7-4-19(3)5-8-22/h4-16,18,26H,17H2,1-3H3,(H,34,37)(H,38,39). The molecule has 3 aromatic carbocycles. The highest BCUT2D eigenvalue weighted by atomic mass is 19.1. The number of nitrogens with one attached hydrogen (secondary N) is 1. The Morgan fingerprint density at radius 1 is 0.976 bits per heavy atom. The average molecular weight is 570 g/mol. The van der Waals surface area contributed by atoms with E-state index in [1.165, 1.54) is 18.2 Å². The van der Waals surface area contributed by atoms with Gasteiger partial charge in [-0.15, -0.1) is 0 Å². The van der Waals surface area contributed by atoms with Gasteiger partial charge in [-0.05, 0) is 87.0 Å². The quantitative estimate of drug-likeness (QED) is 0.200. The van der Waals surface area contributed by atoms with Gasteiger partial charge in [0.25, 0.3) is 11.8 Å². The third kappa shape index (κ3) is 6.55. The van der Waals surface area contributed by atoms with E-state index in [1.807, 2.05) is 45.0 Å². The van der Waals surface area contributed by atoms with Crippen molar-refractivity contribution in [3.63, 3.8) is 0 Å². The number of aryl methyl sites for hydroxylation is 1. The highest BCUT2D eigenvalue weighted by Crippen LogP contribution is 2.27. The van der Waals surface area contributed by atoms with Gasteiger partial charge in [-0.3, -0.25) is 4.79 Å². The Labute approximate surface area is 241 Å². The summed E-state index contributed by atoms with van der Waals surface area (Å²) in [5.74, 6) is -1.23. The molecular formula is C32H28FN3O6. The summed E-state index contributed by atoms with van der Waals surface area (Å²) in [5, 5.41) is 16.1. The van der Waals surface area contributed by atoms with Gasteiger partial charge in [0, 0.05) is 17.5 Å². The molecule has 214 valence electrons. The molecule has 2 aromatic heterocycles. The number of ether oxygens (including phenoxy) is 1. The lowest BCUT2D eigenvalue weighted by molar-refractivity contribution is -0.139. The van der Waals surface area contributed by atoms with Crippen molar-refractivity contribution < 1.29 is 32.8 Å². The molecule has 42 heavy (non-hydrogen) atoms. The molecule has 0 fully saturated rings. The molecule has 0 saturated heterocycles. The minimum absolute atomic E-state index is 0.0365. The number of benzene rings is 3. The van der Waals surface area contributed by atoms with Gasteiger partial charge in [0.15, 0.2) is 5.76 Å². The van der Waals surface area contributed by atoms with Gasteiger partial charge >= 0.3 is 5.97 Å². The minimum Gasteiger partial charge on any atom is -0.491 e. The summed E-state index contributed by atoms with van der Waals surface area (Å²) in [6.07, 6.45) is -0.126. The SMILES string of the molecule is Cc1ccc(-c2nc(-c3ccc(CC(NC(=O)c4ccc(-c5ccc(OC(C)C)cc5)o4)C(=O)O)cc3F)no2)cc1. The van der Waals surface area contributed by atoms with Crippen molar-refractivity contribution in [3.05, 3.63) is 102 Å². The number of amides is 1. The first kappa shape index (κ1) is 28.3. The molecule has 2 N–H and O–H groups in total. The van der Waals surface area contributed by atoms with Crippen LogP contribution in [0.4, 0.5) is 4.39 Å². The summed E-state index contributed by atoms with van der Waals surface area (Å²) in [4.78, 5) is 29.1. The maximum atomic E-state index is 15.1. The molecule has 1 unspecified atom stereocenters. The molecule has 0 aliphatic carbocycles. The highest BCUT2D eigenvalue weighted by molar-refractivity contribution is 5.94. The summed E-state index contributed by atoms with van der Waals surface area (Å²) < 4.78 is 31.7. The topological polar surface area (TPSA) is 128 Å². The molecule has 5 rings (SSSR count). The van der Waals surface area contributed by atoms with E-state index in [-0.39, 0.29) is 35.6 Å². The van der Waals surface area contributed by atoms with Gasteiger partial charge < -0.3 is 24.1 Å². The number of furan rings is 1. The van der Waals surface area contributed by atoms with Gasteiger partial charge in [0.1, 0.15) is 23.4 Å². The van der Waals surface area contributed by atoms with E-state index in [1.54, 1.807) is 36.4 Å². The summed E-state index contributed by atoms with van der Waals surface area (Å²) in [7, 11) is 0. The number of carboxylic acid groups (broad SMARTS) is 1. The summed E-state index contributed by atoms with van der Waals surface area (Å²) in [6, 6.07) is 20.6. The Balaban J connectivity index is 1.25. The normalized spacial score (nSPS) is 11.8. The predicted octanol–water partition coefficient (Wildman–Crippen LogP) is 6.32. The summed E-state index contributed by atoms with van der Waals surface area (Å²) in [6.45, 7) is 5.82. The molecule has 0 bridgehead atoms. The second kappa shape index (κ2) is 12.1. The molecule has 2 heterocycles. The lowest BCUT2D eigenvalue weighted by Crippen LogP contribution is -2.42. The van der Waals surface area contributed by atoms with Gasteiger partial charge in [-0.2, -0.15) is 4.98 Å². The zero-order valence-electron chi connectivity index (χ0n) is 23.1. The molecule has 0 aliphatic rings. The van der Waals surface area contributed by atoms with E-state index in [4.69, 9.17) is 13.7 Å². The lowest BCUT2D eigenvalue weighted by atomic mass is 10.0. The van der Waals surface area contributed by atoms with Crippen molar-refractivity contribution in [1.82, 2.24) is 15.5 Å². The van der Waals surface area contributed by atoms with Crippen molar-refractivity contribution in [2.45, 2.75) is 39.3 Å². The Morgan fingerprint density at radius 3 is 2.36 bits per heavy atom. The summed E-state index contributed by atoms with van der Waals surface area (Å²) in [5.41, 5.74) is 2.96. The maximum absolute atomic E-state index is 15.1. The van der Waals surface area contributed by atoms with Gasteiger partial charge in [0.2, 0.25) is 5.82 Å². The largest absolute Gasteiger partial charge is 0.491 e. The van der Waals surface area contributed by atoms with Gasteiger partial charge in [0.05, 0.1) is 11.7 Å². The van der Waals surface area contributed by atoms with Crippen LogP contribution in [0, 0.1) is 12.7 Å². The number of nitrogens with zero attached hydrogens (tertiary/aromatic N) is 2. The van der Waals surface area contributed by atoms with Crippen LogP contribution in [0.3, 0.4) is 0 Å². The van der Waals surface area contributed by atoms with Gasteiger partial charge in [-0.25, -0.2) is 9.18 Å². The molecule has 1 atom stereocenters. The van der Waals surface area contributed by atoms with E-state index in [2.05, 4.69) is 15.5 Å². The minimum atomic E-state index is -1.33. The molecule has 9 nitrogen and oxygen atoms in total. The average Bonchev–Trinajstić information content (AvgIpc) is 3.64. The van der Waals surface area contributed by atoms with Crippen LogP contribution in [0.2, 0.25) is 0 Å². The van der Waals surface area contributed by atoms with E-state index >= 15 is 4.39 Å². The second-order valence-corrected chi connectivity index (χ2v) is 10.0. The van der Waals surface area contributed by atoms with Crippen LogP contribution in [0.1, 0.15) is 35.5 Å². The number of rotatable bonds is 10.